The highest BCUT2D eigenvalue weighted by molar-refractivity contribution is 6.26. The Bertz CT molecular complexity index is 2810. The van der Waals surface area contributed by atoms with E-state index in [1.807, 2.05) is 12.3 Å². The van der Waals surface area contributed by atoms with Gasteiger partial charge in [0.1, 0.15) is 11.0 Å². The molecule has 10 rings (SSSR count). The van der Waals surface area contributed by atoms with Gasteiger partial charge in [-0.1, -0.05) is 133 Å². The van der Waals surface area contributed by atoms with Crippen LogP contribution in [0.1, 0.15) is 0 Å². The van der Waals surface area contributed by atoms with Crippen LogP contribution in [0.25, 0.3) is 93.2 Å². The first-order valence-corrected chi connectivity index (χ1v) is 16.5. The number of nitrogens with zero attached hydrogens (tertiary/aromatic N) is 4. The minimum Gasteiger partial charge on any atom is -0.264 e. The van der Waals surface area contributed by atoms with Crippen LogP contribution in [0.4, 0.5) is 0 Å². The third-order valence-electron chi connectivity index (χ3n) is 9.75. The molecule has 0 radical (unpaired) electrons. The lowest BCUT2D eigenvalue weighted by Crippen LogP contribution is -1.98. The summed E-state index contributed by atoms with van der Waals surface area (Å²) in [7, 11) is 0. The van der Waals surface area contributed by atoms with Gasteiger partial charge < -0.3 is 0 Å². The predicted octanol–water partition coefficient (Wildman–Crippen LogP) is 11.4. The molecule has 2 heterocycles. The van der Waals surface area contributed by atoms with Gasteiger partial charge in [-0.3, -0.25) is 4.98 Å². The van der Waals surface area contributed by atoms with E-state index in [1.165, 1.54) is 49.0 Å². The van der Waals surface area contributed by atoms with Crippen LogP contribution in [0, 0.1) is 0 Å². The van der Waals surface area contributed by atoms with Crippen molar-refractivity contribution in [2.75, 3.05) is 0 Å². The summed E-state index contributed by atoms with van der Waals surface area (Å²) in [4.78, 5) is 6.03. The van der Waals surface area contributed by atoms with Crippen molar-refractivity contribution < 1.29 is 0 Å². The average Bonchev–Trinajstić information content (AvgIpc) is 3.62. The number of pyridine rings is 1. The average molecular weight is 625 g/mol. The quantitative estimate of drug-likeness (QED) is 0.183. The highest BCUT2D eigenvalue weighted by Crippen LogP contribution is 2.47. The van der Waals surface area contributed by atoms with Crippen LogP contribution in [0.3, 0.4) is 0 Å². The third kappa shape index (κ3) is 4.35. The summed E-state index contributed by atoms with van der Waals surface area (Å²) in [5.74, 6) is 0. The van der Waals surface area contributed by atoms with Gasteiger partial charge in [0, 0.05) is 17.8 Å². The highest BCUT2D eigenvalue weighted by Gasteiger charge is 2.21. The van der Waals surface area contributed by atoms with Crippen molar-refractivity contribution in [2.45, 2.75) is 0 Å². The normalized spacial score (nSPS) is 11.7. The summed E-state index contributed by atoms with van der Waals surface area (Å²) in [5, 5.41) is 19.7. The summed E-state index contributed by atoms with van der Waals surface area (Å²) in [6.45, 7) is 0. The molecule has 0 bridgehead atoms. The van der Waals surface area contributed by atoms with E-state index in [4.69, 9.17) is 10.2 Å². The van der Waals surface area contributed by atoms with Crippen molar-refractivity contribution in [2.24, 2.45) is 0 Å². The number of hydrogen-bond acceptors (Lipinski definition) is 3. The first-order chi connectivity index (χ1) is 24.3. The molecule has 0 saturated heterocycles. The number of rotatable bonds is 4. The summed E-state index contributed by atoms with van der Waals surface area (Å²) < 4.78 is 0. The highest BCUT2D eigenvalue weighted by atomic mass is 15.5. The molecule has 0 amide bonds. The maximum atomic E-state index is 5.07. The fourth-order valence-corrected chi connectivity index (χ4v) is 7.54. The zero-order chi connectivity index (χ0) is 32.3. The van der Waals surface area contributed by atoms with Crippen molar-refractivity contribution in [3.05, 3.63) is 170 Å². The Labute approximate surface area is 282 Å². The van der Waals surface area contributed by atoms with Gasteiger partial charge in [-0.15, -0.1) is 10.2 Å². The minimum absolute atomic E-state index is 0.858. The Balaban J connectivity index is 1.23. The molecular formula is C45H28N4. The third-order valence-corrected chi connectivity index (χ3v) is 9.75. The molecule has 8 aromatic carbocycles. The second-order valence-electron chi connectivity index (χ2n) is 12.5. The molecule has 0 aliphatic rings. The molecule has 49 heavy (non-hydrogen) atoms. The maximum Gasteiger partial charge on any atom is 0.121 e. The molecule has 10 aromatic rings. The van der Waals surface area contributed by atoms with E-state index in [-0.39, 0.29) is 0 Å². The molecule has 0 aliphatic carbocycles. The van der Waals surface area contributed by atoms with Crippen molar-refractivity contribution in [1.82, 2.24) is 20.0 Å². The maximum absolute atomic E-state index is 5.07. The van der Waals surface area contributed by atoms with E-state index in [9.17, 15) is 0 Å². The Morgan fingerprint density at radius 1 is 0.408 bits per heavy atom. The molecule has 0 fully saturated rings. The van der Waals surface area contributed by atoms with Crippen molar-refractivity contribution >= 4 is 54.1 Å². The van der Waals surface area contributed by atoms with Gasteiger partial charge in [0.05, 0.1) is 5.69 Å². The van der Waals surface area contributed by atoms with Crippen molar-refractivity contribution in [3.8, 4) is 39.1 Å². The van der Waals surface area contributed by atoms with Crippen molar-refractivity contribution in [3.63, 3.8) is 0 Å². The fourth-order valence-electron chi connectivity index (χ4n) is 7.54. The molecule has 4 nitrogen and oxygen atoms in total. The second kappa shape index (κ2) is 11.0. The van der Waals surface area contributed by atoms with Gasteiger partial charge in [0.25, 0.3) is 0 Å². The van der Waals surface area contributed by atoms with Gasteiger partial charge in [0.2, 0.25) is 0 Å². The molecule has 2 aromatic heterocycles. The van der Waals surface area contributed by atoms with Gasteiger partial charge in [-0.05, 0) is 95.3 Å². The Morgan fingerprint density at radius 2 is 1.00 bits per heavy atom. The molecule has 0 unspecified atom stereocenters. The summed E-state index contributed by atoms with van der Waals surface area (Å²) >= 11 is 0. The van der Waals surface area contributed by atoms with Crippen LogP contribution >= 0.6 is 0 Å². The molecule has 0 N–H and O–H groups in total. The number of aromatic nitrogens is 4. The van der Waals surface area contributed by atoms with Gasteiger partial charge in [0.15, 0.2) is 0 Å². The van der Waals surface area contributed by atoms with E-state index < -0.39 is 0 Å². The van der Waals surface area contributed by atoms with Crippen LogP contribution < -0.4 is 0 Å². The second-order valence-corrected chi connectivity index (χ2v) is 12.5. The molecule has 0 spiro atoms. The van der Waals surface area contributed by atoms with Crippen molar-refractivity contribution in [1.29, 1.82) is 0 Å². The Hall–Kier alpha value is -6.65. The lowest BCUT2D eigenvalue weighted by molar-refractivity contribution is 0.766. The summed E-state index contributed by atoms with van der Waals surface area (Å²) in [5.41, 5.74) is 9.70. The molecule has 228 valence electrons. The zero-order valence-electron chi connectivity index (χ0n) is 26.5. The lowest BCUT2D eigenvalue weighted by Gasteiger charge is -2.19. The van der Waals surface area contributed by atoms with E-state index >= 15 is 0 Å². The Morgan fingerprint density at radius 3 is 1.67 bits per heavy atom. The largest absolute Gasteiger partial charge is 0.264 e. The van der Waals surface area contributed by atoms with Crippen LogP contribution in [0.2, 0.25) is 0 Å². The van der Waals surface area contributed by atoms with Gasteiger partial charge in [-0.2, -0.15) is 4.80 Å². The molecule has 0 aliphatic heterocycles. The van der Waals surface area contributed by atoms with Gasteiger partial charge >= 0.3 is 0 Å². The van der Waals surface area contributed by atoms with Crippen LogP contribution in [-0.4, -0.2) is 20.0 Å². The SMILES string of the molecule is c1cncc(-c2ccc(-n3nc4cc(-c5c6ccccc6c(-c6cccc7ccccc67)c6ccccc56)c5ccccc5c4n3)cc2)c1. The number of benzene rings is 8. The topological polar surface area (TPSA) is 43.6 Å². The van der Waals surface area contributed by atoms with E-state index in [0.717, 1.165) is 44.2 Å². The fraction of sp³-hybridized carbons (Fsp3) is 0. The van der Waals surface area contributed by atoms with Crippen LogP contribution in [0.5, 0.6) is 0 Å². The first-order valence-electron chi connectivity index (χ1n) is 16.5. The Kier molecular flexibility index (Phi) is 6.15. The van der Waals surface area contributed by atoms with Crippen LogP contribution in [0.15, 0.2) is 170 Å². The lowest BCUT2D eigenvalue weighted by atomic mass is 9.83. The van der Waals surface area contributed by atoms with E-state index in [2.05, 4.69) is 157 Å². The monoisotopic (exact) mass is 624 g/mol. The van der Waals surface area contributed by atoms with Gasteiger partial charge in [-0.25, -0.2) is 0 Å². The smallest absolute Gasteiger partial charge is 0.121 e. The molecular weight excluding hydrogens is 597 g/mol. The minimum atomic E-state index is 0.858. The summed E-state index contributed by atoms with van der Waals surface area (Å²) in [6, 6.07) is 56.2. The predicted molar refractivity (Wildman–Crippen MR) is 203 cm³/mol. The summed E-state index contributed by atoms with van der Waals surface area (Å²) in [6.07, 6.45) is 3.67. The number of fused-ring (bicyclic) bond motifs is 6. The molecule has 0 saturated carbocycles. The molecule has 4 heteroatoms. The first kappa shape index (κ1) is 27.5. The number of hydrogen-bond donors (Lipinski definition) is 0. The standard InChI is InChI=1S/C45H28N4/c1-2-14-33-30(11-1)12-9-21-35(33)43-36-16-4-6-18-38(36)44(39-19-7-5-17-37(39)43)41-27-42-45(40-20-8-3-15-34(40)41)48-49(47-42)32-24-22-29(23-25-32)31-13-10-26-46-28-31/h1-28H. The zero-order valence-corrected chi connectivity index (χ0v) is 26.5. The van der Waals surface area contributed by atoms with E-state index in [1.54, 1.807) is 11.0 Å². The van der Waals surface area contributed by atoms with Crippen LogP contribution in [-0.2, 0) is 0 Å². The molecule has 0 atom stereocenters. The van der Waals surface area contributed by atoms with E-state index in [0.29, 0.717) is 0 Å².